The summed E-state index contributed by atoms with van der Waals surface area (Å²) in [6, 6.07) is -0.689. The van der Waals surface area contributed by atoms with E-state index in [1.54, 1.807) is 0 Å². The van der Waals surface area contributed by atoms with Crippen LogP contribution in [0.15, 0.2) is 0 Å². The molecule has 0 aromatic heterocycles. The number of ether oxygens (including phenoxy) is 1. The van der Waals surface area contributed by atoms with Crippen LogP contribution in [0.4, 0.5) is 0 Å². The molecule has 0 saturated carbocycles. The highest BCUT2D eigenvalue weighted by Gasteiger charge is 2.24. The normalized spacial score (nSPS) is 13.3. The molecule has 0 heterocycles. The fourth-order valence-electron chi connectivity index (χ4n) is 6.84. The van der Waals surface area contributed by atoms with Gasteiger partial charge in [0.05, 0.1) is 25.2 Å². The molecule has 3 unspecified atom stereocenters. The number of hydrogen-bond acceptors (Lipinski definition) is 5. The number of amides is 1. The second kappa shape index (κ2) is 38.1. The van der Waals surface area contributed by atoms with Gasteiger partial charge >= 0.3 is 5.97 Å². The molecule has 49 heavy (non-hydrogen) atoms. The molecule has 0 fully saturated rings. The summed E-state index contributed by atoms with van der Waals surface area (Å²) in [6.45, 7) is 6.44. The van der Waals surface area contributed by atoms with E-state index in [0.717, 1.165) is 44.9 Å². The maximum atomic E-state index is 13.0. The Labute approximate surface area is 305 Å². The molecule has 0 saturated heterocycles. The Morgan fingerprint density at radius 1 is 0.510 bits per heavy atom. The van der Waals surface area contributed by atoms with E-state index >= 15 is 0 Å². The molecule has 3 N–H and O–H groups in total. The van der Waals surface area contributed by atoms with Crippen LogP contribution in [0.1, 0.15) is 239 Å². The summed E-state index contributed by atoms with van der Waals surface area (Å²) in [4.78, 5) is 25.8. The zero-order chi connectivity index (χ0) is 36.0. The zero-order valence-electron chi connectivity index (χ0n) is 33.1. The number of carbonyl (C=O) groups is 2. The first-order valence-corrected chi connectivity index (χ1v) is 21.8. The van der Waals surface area contributed by atoms with Crippen molar-refractivity contribution in [3.8, 4) is 0 Å². The van der Waals surface area contributed by atoms with Crippen molar-refractivity contribution in [2.24, 2.45) is 0 Å². The average molecular weight is 696 g/mol. The van der Waals surface area contributed by atoms with Gasteiger partial charge in [-0.3, -0.25) is 9.59 Å². The van der Waals surface area contributed by atoms with Crippen molar-refractivity contribution in [1.82, 2.24) is 5.32 Å². The lowest BCUT2D eigenvalue weighted by Gasteiger charge is -2.24. The molecule has 0 radical (unpaired) electrons. The number of carbonyl (C=O) groups excluding carboxylic acids is 2. The molecule has 0 aromatic rings. The lowest BCUT2D eigenvalue weighted by Crippen LogP contribution is -2.46. The maximum Gasteiger partial charge on any atom is 0.306 e. The molecular formula is C43H85NO5. The van der Waals surface area contributed by atoms with Crippen LogP contribution < -0.4 is 5.32 Å². The van der Waals surface area contributed by atoms with Gasteiger partial charge in [0.15, 0.2) is 0 Å². The highest BCUT2D eigenvalue weighted by atomic mass is 16.5. The standard InChI is InChI=1S/C43H85NO5/c1-4-7-10-13-16-19-20-21-24-26-29-32-35-41(46)40(38-45)44-42(47)37-39(34-31-28-25-22-17-14-11-8-5-2)49-43(48)36-33-30-27-23-18-15-12-9-6-3/h39-41,45-46H,4-38H2,1-3H3,(H,44,47). The SMILES string of the molecule is CCCCCCCCCCCCCCC(O)C(CO)NC(=O)CC(CCCCCCCCCCC)OC(=O)CCCCCCCCCCC. The minimum absolute atomic E-state index is 0.0857. The fraction of sp³-hybridized carbons (Fsp3) is 0.953. The summed E-state index contributed by atoms with van der Waals surface area (Å²) in [5, 5.41) is 23.6. The molecule has 3 atom stereocenters. The van der Waals surface area contributed by atoms with Gasteiger partial charge in [-0.1, -0.05) is 201 Å². The van der Waals surface area contributed by atoms with Gasteiger partial charge < -0.3 is 20.3 Å². The molecule has 0 aliphatic carbocycles. The third-order valence-electron chi connectivity index (χ3n) is 10.2. The molecular weight excluding hydrogens is 610 g/mol. The number of aliphatic hydroxyl groups excluding tert-OH is 2. The first-order chi connectivity index (χ1) is 24.0. The first-order valence-electron chi connectivity index (χ1n) is 21.8. The monoisotopic (exact) mass is 696 g/mol. The van der Waals surface area contributed by atoms with E-state index in [-0.39, 0.29) is 24.9 Å². The van der Waals surface area contributed by atoms with Crippen LogP contribution in [0.2, 0.25) is 0 Å². The van der Waals surface area contributed by atoms with Crippen LogP contribution in [-0.4, -0.2) is 46.9 Å². The first kappa shape index (κ1) is 47.9. The maximum absolute atomic E-state index is 13.0. The predicted octanol–water partition coefficient (Wildman–Crippen LogP) is 12.1. The number of rotatable bonds is 39. The lowest BCUT2D eigenvalue weighted by molar-refractivity contribution is -0.151. The van der Waals surface area contributed by atoms with Crippen LogP contribution in [0.3, 0.4) is 0 Å². The van der Waals surface area contributed by atoms with Crippen molar-refractivity contribution in [1.29, 1.82) is 0 Å². The van der Waals surface area contributed by atoms with E-state index in [0.29, 0.717) is 19.3 Å². The van der Waals surface area contributed by atoms with E-state index in [1.807, 2.05) is 0 Å². The van der Waals surface area contributed by atoms with Gasteiger partial charge in [-0.15, -0.1) is 0 Å². The summed E-state index contributed by atoms with van der Waals surface area (Å²) in [5.41, 5.74) is 0. The Morgan fingerprint density at radius 3 is 1.24 bits per heavy atom. The number of unbranched alkanes of at least 4 members (excludes halogenated alkanes) is 27. The predicted molar refractivity (Wildman–Crippen MR) is 209 cm³/mol. The van der Waals surface area contributed by atoms with E-state index < -0.39 is 18.2 Å². The quantitative estimate of drug-likeness (QED) is 0.0439. The summed E-state index contributed by atoms with van der Waals surface area (Å²) < 4.78 is 5.86. The van der Waals surface area contributed by atoms with Crippen molar-refractivity contribution >= 4 is 11.9 Å². The van der Waals surface area contributed by atoms with E-state index in [1.165, 1.54) is 148 Å². The molecule has 0 spiro atoms. The second-order valence-electron chi connectivity index (χ2n) is 15.1. The van der Waals surface area contributed by atoms with Crippen molar-refractivity contribution in [2.75, 3.05) is 6.61 Å². The highest BCUT2D eigenvalue weighted by Crippen LogP contribution is 2.18. The topological polar surface area (TPSA) is 95.9 Å². The largest absolute Gasteiger partial charge is 0.462 e. The molecule has 6 nitrogen and oxygen atoms in total. The zero-order valence-corrected chi connectivity index (χ0v) is 33.1. The fourth-order valence-corrected chi connectivity index (χ4v) is 6.84. The smallest absolute Gasteiger partial charge is 0.306 e. The van der Waals surface area contributed by atoms with E-state index in [2.05, 4.69) is 26.1 Å². The van der Waals surface area contributed by atoms with Crippen molar-refractivity contribution in [3.63, 3.8) is 0 Å². The van der Waals surface area contributed by atoms with Gasteiger partial charge in [0, 0.05) is 6.42 Å². The van der Waals surface area contributed by atoms with Crippen LogP contribution in [0.25, 0.3) is 0 Å². The van der Waals surface area contributed by atoms with Gasteiger partial charge in [0.2, 0.25) is 5.91 Å². The third kappa shape index (κ3) is 33.7. The van der Waals surface area contributed by atoms with Gasteiger partial charge in [0.25, 0.3) is 0 Å². The third-order valence-corrected chi connectivity index (χ3v) is 10.2. The number of nitrogens with one attached hydrogen (secondary N) is 1. The Hall–Kier alpha value is -1.14. The highest BCUT2D eigenvalue weighted by molar-refractivity contribution is 5.77. The summed E-state index contributed by atoms with van der Waals surface area (Å²) in [6.07, 6.45) is 37.3. The van der Waals surface area contributed by atoms with Crippen LogP contribution in [-0.2, 0) is 14.3 Å². The molecule has 0 rings (SSSR count). The molecule has 0 aliphatic heterocycles. The van der Waals surface area contributed by atoms with E-state index in [4.69, 9.17) is 4.74 Å². The molecule has 0 aromatic carbocycles. The molecule has 292 valence electrons. The van der Waals surface area contributed by atoms with Gasteiger partial charge in [-0.2, -0.15) is 0 Å². The summed E-state index contributed by atoms with van der Waals surface area (Å²) in [7, 11) is 0. The van der Waals surface area contributed by atoms with Gasteiger partial charge in [0.1, 0.15) is 6.10 Å². The molecule has 6 heteroatoms. The minimum Gasteiger partial charge on any atom is -0.462 e. The van der Waals surface area contributed by atoms with Gasteiger partial charge in [-0.05, 0) is 25.7 Å². The van der Waals surface area contributed by atoms with Gasteiger partial charge in [-0.25, -0.2) is 0 Å². The molecule has 0 aliphatic rings. The number of esters is 1. The lowest BCUT2D eigenvalue weighted by atomic mass is 10.0. The number of aliphatic hydroxyl groups is 2. The average Bonchev–Trinajstić information content (AvgIpc) is 3.09. The van der Waals surface area contributed by atoms with Crippen LogP contribution in [0.5, 0.6) is 0 Å². The Morgan fingerprint density at radius 2 is 0.857 bits per heavy atom. The second-order valence-corrected chi connectivity index (χ2v) is 15.1. The summed E-state index contributed by atoms with van der Waals surface area (Å²) >= 11 is 0. The van der Waals surface area contributed by atoms with Crippen molar-refractivity contribution in [2.45, 2.75) is 257 Å². The Balaban J connectivity index is 4.50. The number of hydrogen-bond donors (Lipinski definition) is 3. The van der Waals surface area contributed by atoms with Crippen LogP contribution >= 0.6 is 0 Å². The minimum atomic E-state index is -0.776. The van der Waals surface area contributed by atoms with Crippen molar-refractivity contribution < 1.29 is 24.5 Å². The Bertz CT molecular complexity index is 702. The molecule has 0 bridgehead atoms. The van der Waals surface area contributed by atoms with Crippen molar-refractivity contribution in [3.05, 3.63) is 0 Å². The summed E-state index contributed by atoms with van der Waals surface area (Å²) in [5.74, 6) is -0.466. The van der Waals surface area contributed by atoms with E-state index in [9.17, 15) is 19.8 Å². The molecule has 1 amide bonds. The Kier molecular flexibility index (Phi) is 37.2. The van der Waals surface area contributed by atoms with Crippen LogP contribution in [0, 0.1) is 0 Å².